The van der Waals surface area contributed by atoms with E-state index < -0.39 is 0 Å². The minimum atomic E-state index is -0.0306. The van der Waals surface area contributed by atoms with Gasteiger partial charge in [0.2, 0.25) is 0 Å². The zero-order chi connectivity index (χ0) is 18.5. The summed E-state index contributed by atoms with van der Waals surface area (Å²) >= 11 is 0. The van der Waals surface area contributed by atoms with E-state index in [1.54, 1.807) is 5.57 Å². The van der Waals surface area contributed by atoms with Gasteiger partial charge in [-0.15, -0.1) is 0 Å². The number of rotatable bonds is 1. The maximum Gasteiger partial charge on any atom is 0.105 e. The van der Waals surface area contributed by atoms with E-state index >= 15 is 4.39 Å². The van der Waals surface area contributed by atoms with E-state index in [-0.39, 0.29) is 17.8 Å². The van der Waals surface area contributed by atoms with Crippen molar-refractivity contribution in [1.29, 1.82) is 0 Å². The van der Waals surface area contributed by atoms with Crippen molar-refractivity contribution in [2.24, 2.45) is 35.5 Å². The van der Waals surface area contributed by atoms with Gasteiger partial charge in [-0.2, -0.15) is 0 Å². The summed E-state index contributed by atoms with van der Waals surface area (Å²) in [6.07, 6.45) is 22.4. The van der Waals surface area contributed by atoms with E-state index in [1.165, 1.54) is 24.8 Å². The summed E-state index contributed by atoms with van der Waals surface area (Å²) in [5.74, 6) is 2.69. The number of fused-ring (bicyclic) bond motifs is 4. The summed E-state index contributed by atoms with van der Waals surface area (Å²) in [5.41, 5.74) is 3.98. The minimum Gasteiger partial charge on any atom is -0.381 e. The molecule has 0 amide bonds. The summed E-state index contributed by atoms with van der Waals surface area (Å²) in [6, 6.07) is 0.0276. The number of allylic oxidation sites excluding steroid dienone is 9. The van der Waals surface area contributed by atoms with Crippen LogP contribution in [0.1, 0.15) is 39.5 Å². The first-order valence-corrected chi connectivity index (χ1v) is 10.7. The fraction of sp³-hybridized carbons (Fsp3) is 0.520. The molecule has 5 aliphatic rings. The number of hydrogen-bond acceptors (Lipinski definition) is 1. The van der Waals surface area contributed by atoms with Crippen molar-refractivity contribution in [1.82, 2.24) is 5.32 Å². The van der Waals surface area contributed by atoms with Crippen LogP contribution in [0.15, 0.2) is 71.3 Å². The lowest BCUT2D eigenvalue weighted by Crippen LogP contribution is -2.42. The van der Waals surface area contributed by atoms with Crippen molar-refractivity contribution in [2.75, 3.05) is 0 Å². The van der Waals surface area contributed by atoms with Gasteiger partial charge in [0.1, 0.15) is 5.83 Å². The van der Waals surface area contributed by atoms with Crippen molar-refractivity contribution in [2.45, 2.75) is 45.6 Å². The molecule has 27 heavy (non-hydrogen) atoms. The minimum absolute atomic E-state index is 0.0276. The van der Waals surface area contributed by atoms with Crippen molar-refractivity contribution in [3.05, 3.63) is 71.3 Å². The number of hydrogen-bond donors (Lipinski definition) is 1. The molecule has 4 aliphatic carbocycles. The summed E-state index contributed by atoms with van der Waals surface area (Å²) in [4.78, 5) is 0. The molecule has 1 fully saturated rings. The Morgan fingerprint density at radius 1 is 1.00 bits per heavy atom. The van der Waals surface area contributed by atoms with Gasteiger partial charge in [-0.1, -0.05) is 62.0 Å². The van der Waals surface area contributed by atoms with Crippen LogP contribution in [0, 0.1) is 35.5 Å². The monoisotopic (exact) mass is 363 g/mol. The van der Waals surface area contributed by atoms with Crippen LogP contribution in [0.4, 0.5) is 4.39 Å². The third-order valence-corrected chi connectivity index (χ3v) is 7.62. The molecule has 0 spiro atoms. The van der Waals surface area contributed by atoms with E-state index in [4.69, 9.17) is 0 Å². The Labute approximate surface area is 162 Å². The second-order valence-corrected chi connectivity index (χ2v) is 9.26. The maximum atomic E-state index is 15.5. The lowest BCUT2D eigenvalue weighted by Gasteiger charge is -2.44. The zero-order valence-corrected chi connectivity index (χ0v) is 16.4. The molecule has 0 bridgehead atoms. The van der Waals surface area contributed by atoms with Crippen LogP contribution in [-0.4, -0.2) is 6.04 Å². The van der Waals surface area contributed by atoms with Gasteiger partial charge >= 0.3 is 0 Å². The van der Waals surface area contributed by atoms with Gasteiger partial charge in [-0.05, 0) is 66.7 Å². The molecule has 7 atom stereocenters. The molecular formula is C25H30FN. The number of halogens is 1. The van der Waals surface area contributed by atoms with Crippen molar-refractivity contribution >= 4 is 0 Å². The Kier molecular flexibility index (Phi) is 4.26. The van der Waals surface area contributed by atoms with E-state index in [0.717, 1.165) is 17.9 Å². The third kappa shape index (κ3) is 2.80. The van der Waals surface area contributed by atoms with Gasteiger partial charge in [-0.25, -0.2) is 4.39 Å². The predicted molar refractivity (Wildman–Crippen MR) is 109 cm³/mol. The van der Waals surface area contributed by atoms with Crippen LogP contribution in [0.3, 0.4) is 0 Å². The van der Waals surface area contributed by atoms with Gasteiger partial charge < -0.3 is 5.32 Å². The van der Waals surface area contributed by atoms with Crippen molar-refractivity contribution < 1.29 is 4.39 Å². The Bertz CT molecular complexity index is 808. The lowest BCUT2D eigenvalue weighted by molar-refractivity contribution is 0.279. The third-order valence-electron chi connectivity index (χ3n) is 7.62. The van der Waals surface area contributed by atoms with Crippen LogP contribution in [0.25, 0.3) is 0 Å². The average molecular weight is 364 g/mol. The molecule has 6 unspecified atom stereocenters. The summed E-state index contributed by atoms with van der Waals surface area (Å²) < 4.78 is 15.5. The lowest BCUT2D eigenvalue weighted by atomic mass is 9.64. The van der Waals surface area contributed by atoms with Crippen LogP contribution in [-0.2, 0) is 0 Å². The van der Waals surface area contributed by atoms with Gasteiger partial charge in [0.25, 0.3) is 0 Å². The SMILES string of the molecule is CC1CCC2C(=CC=C3C(C4=C(F)[C@H](C)C5C=CC=CC5C4)NC=CC32)C1. The highest BCUT2D eigenvalue weighted by atomic mass is 19.1. The van der Waals surface area contributed by atoms with E-state index in [1.807, 2.05) is 0 Å². The zero-order valence-electron chi connectivity index (χ0n) is 16.4. The van der Waals surface area contributed by atoms with Crippen LogP contribution >= 0.6 is 0 Å². The quantitative estimate of drug-likeness (QED) is 0.601. The first kappa shape index (κ1) is 17.3. The molecule has 0 aromatic carbocycles. The molecular weight excluding hydrogens is 333 g/mol. The molecule has 1 nitrogen and oxygen atoms in total. The molecule has 0 saturated heterocycles. The fourth-order valence-corrected chi connectivity index (χ4v) is 6.12. The largest absolute Gasteiger partial charge is 0.381 e. The molecule has 142 valence electrons. The summed E-state index contributed by atoms with van der Waals surface area (Å²) in [6.45, 7) is 4.42. The Hall–Kier alpha value is -1.83. The first-order chi connectivity index (χ1) is 13.1. The normalized spacial score (nSPS) is 42.6. The Balaban J connectivity index is 1.50. The maximum absolute atomic E-state index is 15.5. The molecule has 0 radical (unpaired) electrons. The van der Waals surface area contributed by atoms with Crippen LogP contribution in [0.2, 0.25) is 0 Å². The highest BCUT2D eigenvalue weighted by molar-refractivity contribution is 5.44. The van der Waals surface area contributed by atoms with E-state index in [2.05, 4.69) is 67.9 Å². The van der Waals surface area contributed by atoms with Gasteiger partial charge in [0.05, 0.1) is 6.04 Å². The predicted octanol–water partition coefficient (Wildman–Crippen LogP) is 6.01. The standard InChI is InChI=1S/C25H30FN/c1-15-7-9-20-18(13-15)8-10-22-21(20)11-12-27-25(22)23-14-17-5-3-4-6-19(17)16(2)24(23)26/h3-6,8,10-12,15-17,19-21,25,27H,7,9,13-14H2,1-2H3/t15?,16-,17?,19?,20?,21?,25?/m1/s1. The first-order valence-electron chi connectivity index (χ1n) is 10.7. The Morgan fingerprint density at radius 3 is 2.74 bits per heavy atom. The smallest absolute Gasteiger partial charge is 0.105 e. The second kappa shape index (κ2) is 6.65. The van der Waals surface area contributed by atoms with Gasteiger partial charge in [0.15, 0.2) is 0 Å². The van der Waals surface area contributed by atoms with Crippen LogP contribution in [0.5, 0.6) is 0 Å². The molecule has 1 N–H and O–H groups in total. The van der Waals surface area contributed by atoms with Gasteiger partial charge in [-0.3, -0.25) is 0 Å². The average Bonchev–Trinajstić information content (AvgIpc) is 2.70. The molecule has 1 saturated carbocycles. The van der Waals surface area contributed by atoms with E-state index in [0.29, 0.717) is 23.7 Å². The molecule has 2 heteroatoms. The molecule has 1 aliphatic heterocycles. The molecule has 0 aromatic rings. The van der Waals surface area contributed by atoms with E-state index in [9.17, 15) is 0 Å². The van der Waals surface area contributed by atoms with Gasteiger partial charge in [0, 0.05) is 11.8 Å². The Morgan fingerprint density at radius 2 is 1.85 bits per heavy atom. The molecule has 0 aromatic heterocycles. The fourth-order valence-electron chi connectivity index (χ4n) is 6.12. The van der Waals surface area contributed by atoms with Crippen molar-refractivity contribution in [3.8, 4) is 0 Å². The summed E-state index contributed by atoms with van der Waals surface area (Å²) in [7, 11) is 0. The highest BCUT2D eigenvalue weighted by Gasteiger charge is 2.42. The molecule has 1 heterocycles. The second-order valence-electron chi connectivity index (χ2n) is 9.26. The molecule has 5 rings (SSSR count). The number of nitrogens with one attached hydrogen (secondary N) is 1. The summed E-state index contributed by atoms with van der Waals surface area (Å²) in [5, 5.41) is 3.52. The highest BCUT2D eigenvalue weighted by Crippen LogP contribution is 2.49. The van der Waals surface area contributed by atoms with Crippen LogP contribution < -0.4 is 5.32 Å². The topological polar surface area (TPSA) is 12.0 Å². The van der Waals surface area contributed by atoms with Crippen molar-refractivity contribution in [3.63, 3.8) is 0 Å².